The van der Waals surface area contributed by atoms with Crippen LogP contribution in [0.2, 0.25) is 5.02 Å². The molecule has 25 heavy (non-hydrogen) atoms. The molecule has 3 nitrogen and oxygen atoms in total. The minimum absolute atomic E-state index is 0.205. The number of likely N-dealkylation sites (tertiary alicyclic amines) is 1. The Kier molecular flexibility index (Phi) is 5.85. The third-order valence-electron chi connectivity index (χ3n) is 5.26. The second kappa shape index (κ2) is 8.09. The van der Waals surface area contributed by atoms with Crippen molar-refractivity contribution in [2.45, 2.75) is 51.5 Å². The number of benzene rings is 1. The van der Waals surface area contributed by atoms with Gasteiger partial charge in [0.2, 0.25) is 5.91 Å². The topological polar surface area (TPSA) is 25.2 Å². The van der Waals surface area contributed by atoms with Gasteiger partial charge in [0.05, 0.1) is 6.04 Å². The fourth-order valence-corrected chi connectivity index (χ4v) is 3.92. The molecule has 1 aliphatic rings. The van der Waals surface area contributed by atoms with Crippen molar-refractivity contribution >= 4 is 17.5 Å². The van der Waals surface area contributed by atoms with Gasteiger partial charge in [0.15, 0.2) is 0 Å². The molecule has 0 spiro atoms. The minimum atomic E-state index is 0.205. The van der Waals surface area contributed by atoms with Crippen molar-refractivity contribution in [2.75, 3.05) is 6.54 Å². The standard InChI is InChI=1S/C21H27ClN2O/c1-16-9-10-17(15-18(16)22)11-12-21(25)24-14-5-3-4-7-20(24)19-8-6-13-23(19)2/h6,8-10,13,15,20H,3-5,7,11-12,14H2,1-2H3. The molecule has 1 aromatic heterocycles. The van der Waals surface area contributed by atoms with Crippen LogP contribution in [0.25, 0.3) is 0 Å². The van der Waals surface area contributed by atoms with Gasteiger partial charge < -0.3 is 9.47 Å². The number of hydrogen-bond donors (Lipinski definition) is 0. The van der Waals surface area contributed by atoms with Crippen molar-refractivity contribution in [3.63, 3.8) is 0 Å². The van der Waals surface area contributed by atoms with Crippen LogP contribution in [-0.2, 0) is 18.3 Å². The highest BCUT2D eigenvalue weighted by Crippen LogP contribution is 2.31. The summed E-state index contributed by atoms with van der Waals surface area (Å²) in [6.07, 6.45) is 7.90. The van der Waals surface area contributed by atoms with Crippen LogP contribution in [0.1, 0.15) is 55.0 Å². The summed E-state index contributed by atoms with van der Waals surface area (Å²) in [7, 11) is 2.07. The maximum absolute atomic E-state index is 13.0. The molecule has 1 amide bonds. The zero-order valence-corrected chi connectivity index (χ0v) is 15.9. The first-order valence-corrected chi connectivity index (χ1v) is 9.60. The predicted octanol–water partition coefficient (Wildman–Crippen LogP) is 5.06. The van der Waals surface area contributed by atoms with E-state index in [9.17, 15) is 4.79 Å². The number of hydrogen-bond acceptors (Lipinski definition) is 1. The Labute approximate surface area is 155 Å². The largest absolute Gasteiger partial charge is 0.353 e. The second-order valence-electron chi connectivity index (χ2n) is 7.08. The van der Waals surface area contributed by atoms with E-state index in [2.05, 4.69) is 40.9 Å². The van der Waals surface area contributed by atoms with E-state index in [1.807, 2.05) is 19.1 Å². The molecule has 2 heterocycles. The van der Waals surface area contributed by atoms with Crippen LogP contribution in [-0.4, -0.2) is 21.9 Å². The van der Waals surface area contributed by atoms with Crippen molar-refractivity contribution in [1.82, 2.24) is 9.47 Å². The minimum Gasteiger partial charge on any atom is -0.353 e. The monoisotopic (exact) mass is 358 g/mol. The van der Waals surface area contributed by atoms with E-state index >= 15 is 0 Å². The van der Waals surface area contributed by atoms with Crippen molar-refractivity contribution < 1.29 is 4.79 Å². The van der Waals surface area contributed by atoms with Crippen LogP contribution in [0.5, 0.6) is 0 Å². The molecule has 0 saturated carbocycles. The van der Waals surface area contributed by atoms with Crippen molar-refractivity contribution in [1.29, 1.82) is 0 Å². The molecule has 0 aliphatic carbocycles. The van der Waals surface area contributed by atoms with E-state index in [0.717, 1.165) is 42.0 Å². The second-order valence-corrected chi connectivity index (χ2v) is 7.49. The summed E-state index contributed by atoms with van der Waals surface area (Å²) in [5.41, 5.74) is 3.45. The summed E-state index contributed by atoms with van der Waals surface area (Å²) in [5, 5.41) is 0.779. The Bertz CT molecular complexity index is 737. The van der Waals surface area contributed by atoms with Crippen LogP contribution in [0, 0.1) is 6.92 Å². The summed E-state index contributed by atoms with van der Waals surface area (Å²) in [6, 6.07) is 10.5. The Hall–Kier alpha value is -1.74. The van der Waals surface area contributed by atoms with Crippen LogP contribution in [0.4, 0.5) is 0 Å². The third kappa shape index (κ3) is 4.27. The lowest BCUT2D eigenvalue weighted by Crippen LogP contribution is -2.35. The highest BCUT2D eigenvalue weighted by molar-refractivity contribution is 6.31. The van der Waals surface area contributed by atoms with Gasteiger partial charge in [0.25, 0.3) is 0 Å². The zero-order chi connectivity index (χ0) is 17.8. The summed E-state index contributed by atoms with van der Waals surface area (Å²) < 4.78 is 2.15. The third-order valence-corrected chi connectivity index (χ3v) is 5.67. The highest BCUT2D eigenvalue weighted by atomic mass is 35.5. The van der Waals surface area contributed by atoms with E-state index in [1.165, 1.54) is 18.5 Å². The number of carbonyl (C=O) groups is 1. The van der Waals surface area contributed by atoms with Gasteiger partial charge in [-0.2, -0.15) is 0 Å². The number of halogens is 1. The van der Waals surface area contributed by atoms with Crippen molar-refractivity contribution in [3.05, 3.63) is 58.4 Å². The molecule has 4 heteroatoms. The summed E-state index contributed by atoms with van der Waals surface area (Å²) >= 11 is 6.21. The highest BCUT2D eigenvalue weighted by Gasteiger charge is 2.27. The molecule has 1 aromatic carbocycles. The molecule has 3 rings (SSSR count). The maximum atomic E-state index is 13.0. The maximum Gasteiger partial charge on any atom is 0.223 e. The fourth-order valence-electron chi connectivity index (χ4n) is 3.72. The van der Waals surface area contributed by atoms with Gasteiger partial charge in [-0.15, -0.1) is 0 Å². The van der Waals surface area contributed by atoms with Gasteiger partial charge in [0.1, 0.15) is 0 Å². The fraction of sp³-hybridized carbons (Fsp3) is 0.476. The smallest absolute Gasteiger partial charge is 0.223 e. The van der Waals surface area contributed by atoms with Crippen LogP contribution >= 0.6 is 11.6 Å². The lowest BCUT2D eigenvalue weighted by atomic mass is 10.0. The average Bonchev–Trinajstić information content (AvgIpc) is 2.88. The van der Waals surface area contributed by atoms with E-state index in [4.69, 9.17) is 11.6 Å². The van der Waals surface area contributed by atoms with Gasteiger partial charge in [-0.3, -0.25) is 4.79 Å². The first kappa shape index (κ1) is 18.1. The molecule has 1 saturated heterocycles. The molecule has 0 N–H and O–H groups in total. The van der Waals surface area contributed by atoms with E-state index in [-0.39, 0.29) is 11.9 Å². The number of nitrogens with zero attached hydrogens (tertiary/aromatic N) is 2. The normalized spacial score (nSPS) is 18.2. The molecule has 1 unspecified atom stereocenters. The van der Waals surface area contributed by atoms with Crippen molar-refractivity contribution in [2.24, 2.45) is 7.05 Å². The van der Waals surface area contributed by atoms with E-state index < -0.39 is 0 Å². The van der Waals surface area contributed by atoms with Crippen LogP contribution < -0.4 is 0 Å². The van der Waals surface area contributed by atoms with E-state index in [1.54, 1.807) is 0 Å². The molecule has 1 aliphatic heterocycles. The molecular weight excluding hydrogens is 332 g/mol. The molecule has 1 atom stereocenters. The quantitative estimate of drug-likeness (QED) is 0.749. The van der Waals surface area contributed by atoms with Crippen LogP contribution in [0.15, 0.2) is 36.5 Å². The molecule has 0 bridgehead atoms. The lowest BCUT2D eigenvalue weighted by molar-refractivity contribution is -0.133. The summed E-state index contributed by atoms with van der Waals surface area (Å²) in [5.74, 6) is 0.254. The SMILES string of the molecule is Cc1ccc(CCC(=O)N2CCCCCC2c2cccn2C)cc1Cl. The summed E-state index contributed by atoms with van der Waals surface area (Å²) in [4.78, 5) is 15.1. The Morgan fingerprint density at radius 1 is 1.24 bits per heavy atom. The predicted molar refractivity (Wildman–Crippen MR) is 103 cm³/mol. The van der Waals surface area contributed by atoms with Gasteiger partial charge in [0, 0.05) is 36.9 Å². The lowest BCUT2D eigenvalue weighted by Gasteiger charge is -2.31. The summed E-state index contributed by atoms with van der Waals surface area (Å²) in [6.45, 7) is 2.86. The number of amides is 1. The molecule has 134 valence electrons. The van der Waals surface area contributed by atoms with Gasteiger partial charge in [-0.1, -0.05) is 36.6 Å². The molecule has 1 fully saturated rings. The van der Waals surface area contributed by atoms with Crippen molar-refractivity contribution in [3.8, 4) is 0 Å². The number of rotatable bonds is 4. The molecule has 2 aromatic rings. The molecule has 0 radical (unpaired) electrons. The Morgan fingerprint density at radius 2 is 2.08 bits per heavy atom. The molecular formula is C21H27ClN2O. The first-order chi connectivity index (χ1) is 12.1. The Balaban J connectivity index is 1.71. The zero-order valence-electron chi connectivity index (χ0n) is 15.2. The number of aromatic nitrogens is 1. The van der Waals surface area contributed by atoms with Gasteiger partial charge >= 0.3 is 0 Å². The van der Waals surface area contributed by atoms with Crippen LogP contribution in [0.3, 0.4) is 0 Å². The van der Waals surface area contributed by atoms with Gasteiger partial charge in [-0.25, -0.2) is 0 Å². The first-order valence-electron chi connectivity index (χ1n) is 9.22. The average molecular weight is 359 g/mol. The van der Waals surface area contributed by atoms with E-state index in [0.29, 0.717) is 6.42 Å². The Morgan fingerprint density at radius 3 is 2.80 bits per heavy atom. The number of carbonyl (C=O) groups excluding carboxylic acids is 1. The number of aryl methyl sites for hydroxylation is 3. The van der Waals surface area contributed by atoms with Gasteiger partial charge in [-0.05, 0) is 55.5 Å².